The van der Waals surface area contributed by atoms with Crippen LogP contribution < -0.4 is 9.47 Å². The molecule has 0 aromatic heterocycles. The maximum absolute atomic E-state index is 13.9. The number of halogens is 3. The van der Waals surface area contributed by atoms with Crippen molar-refractivity contribution >= 4 is 19.7 Å². The Labute approximate surface area is 255 Å². The number of ether oxygens (including phenoxy) is 2. The van der Waals surface area contributed by atoms with E-state index in [1.165, 1.54) is 29.8 Å². The van der Waals surface area contributed by atoms with Gasteiger partial charge in [-0.25, -0.2) is 30.0 Å². The molecule has 0 spiro atoms. The summed E-state index contributed by atoms with van der Waals surface area (Å²) >= 11 is 0. The second-order valence-corrected chi connectivity index (χ2v) is 13.4. The summed E-state index contributed by atoms with van der Waals surface area (Å²) < 4.78 is 93.2. The average molecular weight is 655 g/mol. The Morgan fingerprint density at radius 3 is 1.57 bits per heavy atom. The summed E-state index contributed by atoms with van der Waals surface area (Å²) in [6, 6.07) is 16.1. The van der Waals surface area contributed by atoms with Gasteiger partial charge < -0.3 is 19.7 Å². The molecule has 0 aliphatic carbocycles. The number of hydrogen-bond acceptors (Lipinski definition) is 8. The number of phenols is 2. The van der Waals surface area contributed by atoms with Gasteiger partial charge in [0, 0.05) is 12.5 Å². The molecule has 0 saturated heterocycles. The summed E-state index contributed by atoms with van der Waals surface area (Å²) in [6.07, 6.45) is 3.64. The van der Waals surface area contributed by atoms with E-state index in [1.54, 1.807) is 19.2 Å². The molecule has 4 aromatic carbocycles. The van der Waals surface area contributed by atoms with Gasteiger partial charge in [-0.2, -0.15) is 0 Å². The van der Waals surface area contributed by atoms with Crippen LogP contribution in [0.15, 0.2) is 82.6 Å². The minimum absolute atomic E-state index is 0.0964. The van der Waals surface area contributed by atoms with E-state index in [2.05, 4.69) is 6.92 Å². The molecule has 0 radical (unpaired) electrons. The number of hydrogen-bond donors (Lipinski definition) is 2. The molecule has 0 atom stereocenters. The number of benzene rings is 4. The molecule has 2 N–H and O–H groups in total. The van der Waals surface area contributed by atoms with Gasteiger partial charge in [-0.1, -0.05) is 26.0 Å². The Hall–Kier alpha value is -4.23. The Kier molecular flexibility index (Phi) is 12.7. The van der Waals surface area contributed by atoms with Gasteiger partial charge >= 0.3 is 0 Å². The maximum Gasteiger partial charge on any atom is 0.175 e. The van der Waals surface area contributed by atoms with Crippen molar-refractivity contribution in [3.63, 3.8) is 0 Å². The van der Waals surface area contributed by atoms with Gasteiger partial charge in [-0.05, 0) is 84.6 Å². The van der Waals surface area contributed by atoms with Crippen molar-refractivity contribution in [3.05, 3.63) is 101 Å². The molecule has 0 fully saturated rings. The van der Waals surface area contributed by atoms with Crippen LogP contribution in [0.1, 0.15) is 25.0 Å². The number of rotatable bonds is 7. The molecule has 4 rings (SSSR count). The summed E-state index contributed by atoms with van der Waals surface area (Å²) in [5.74, 6) is -2.41. The van der Waals surface area contributed by atoms with Gasteiger partial charge in [-0.15, -0.1) is 0 Å². The van der Waals surface area contributed by atoms with Gasteiger partial charge in [0.25, 0.3) is 0 Å². The molecule has 44 heavy (non-hydrogen) atoms. The van der Waals surface area contributed by atoms with Crippen LogP contribution in [0.3, 0.4) is 0 Å². The SMILES string of the molecule is CCc1ccc(O)c(OC)c1.CCc1ccc(Oc2ccc(S(C)(=O)=O)cc2F)c(O)c1.CS(=O)(=O)c1ccc(F)c(F)c1. The summed E-state index contributed by atoms with van der Waals surface area (Å²) in [5, 5.41) is 19.0. The molecule has 0 aliphatic heterocycles. The maximum atomic E-state index is 13.9. The van der Waals surface area contributed by atoms with Crippen molar-refractivity contribution in [3.8, 4) is 28.7 Å². The molecule has 0 amide bonds. The van der Waals surface area contributed by atoms with E-state index in [0.717, 1.165) is 49.1 Å². The highest BCUT2D eigenvalue weighted by Gasteiger charge is 2.14. The number of aromatic hydroxyl groups is 2. The third-order valence-corrected chi connectivity index (χ3v) is 8.18. The van der Waals surface area contributed by atoms with Gasteiger partial charge in [-0.3, -0.25) is 0 Å². The van der Waals surface area contributed by atoms with Gasteiger partial charge in [0.1, 0.15) is 0 Å². The lowest BCUT2D eigenvalue weighted by Gasteiger charge is -2.10. The van der Waals surface area contributed by atoms with E-state index >= 15 is 0 Å². The lowest BCUT2D eigenvalue weighted by molar-refractivity contribution is 0.373. The fourth-order valence-corrected chi connectivity index (χ4v) is 4.70. The first-order chi connectivity index (χ1) is 20.5. The first kappa shape index (κ1) is 36.0. The van der Waals surface area contributed by atoms with Crippen molar-refractivity contribution in [2.75, 3.05) is 19.6 Å². The standard InChI is InChI=1S/C15H15FO4S.C9H12O2.C7H6F2O2S/c1-3-10-4-6-15(13(17)8-10)20-14-7-5-11(9-12(14)16)21(2,18)19;1-3-7-4-5-8(10)9(6-7)11-2;1-12(10,11)5-2-3-6(8)7(9)4-5/h4-9,17H,3H2,1-2H3;4-6,10H,3H2,1-2H3;2-4H,1H3. The van der Waals surface area contributed by atoms with E-state index in [4.69, 9.17) is 9.47 Å². The molecule has 8 nitrogen and oxygen atoms in total. The summed E-state index contributed by atoms with van der Waals surface area (Å²) in [5.41, 5.74) is 2.09. The Bertz CT molecular complexity index is 1810. The Morgan fingerprint density at radius 2 is 1.09 bits per heavy atom. The van der Waals surface area contributed by atoms with Crippen molar-refractivity contribution < 1.29 is 49.7 Å². The molecule has 0 saturated carbocycles. The third-order valence-electron chi connectivity index (χ3n) is 5.95. The van der Waals surface area contributed by atoms with Gasteiger partial charge in [0.05, 0.1) is 16.9 Å². The van der Waals surface area contributed by atoms with Crippen LogP contribution in [-0.4, -0.2) is 46.7 Å². The molecule has 13 heteroatoms. The number of aryl methyl sites for hydroxylation is 2. The summed E-state index contributed by atoms with van der Waals surface area (Å²) in [7, 11) is -5.38. The fraction of sp³-hybridized carbons (Fsp3) is 0.226. The second kappa shape index (κ2) is 15.5. The van der Waals surface area contributed by atoms with Gasteiger partial charge in [0.2, 0.25) is 0 Å². The Morgan fingerprint density at radius 1 is 0.591 bits per heavy atom. The van der Waals surface area contributed by atoms with Crippen molar-refractivity contribution in [1.29, 1.82) is 0 Å². The monoisotopic (exact) mass is 654 g/mol. The third kappa shape index (κ3) is 10.5. The van der Waals surface area contributed by atoms with Crippen molar-refractivity contribution in [2.24, 2.45) is 0 Å². The molecular weight excluding hydrogens is 621 g/mol. The largest absolute Gasteiger partial charge is 0.504 e. The van der Waals surface area contributed by atoms with Gasteiger partial charge in [0.15, 0.2) is 65.9 Å². The van der Waals surface area contributed by atoms with Crippen molar-refractivity contribution in [2.45, 2.75) is 36.5 Å². The van der Waals surface area contributed by atoms with E-state index < -0.39 is 37.1 Å². The number of phenolic OH excluding ortho intramolecular Hbond substituents is 2. The molecular formula is C31H33F3O8S2. The van der Waals surface area contributed by atoms with E-state index in [-0.39, 0.29) is 32.8 Å². The van der Waals surface area contributed by atoms with Crippen LogP contribution in [0.2, 0.25) is 0 Å². The van der Waals surface area contributed by atoms with Crippen LogP contribution in [0.25, 0.3) is 0 Å². The lowest BCUT2D eigenvalue weighted by atomic mass is 10.1. The smallest absolute Gasteiger partial charge is 0.175 e. The second-order valence-electron chi connectivity index (χ2n) is 9.33. The quantitative estimate of drug-likeness (QED) is 0.213. The zero-order chi connectivity index (χ0) is 33.2. The molecule has 0 aliphatic rings. The van der Waals surface area contributed by atoms with E-state index in [1.807, 2.05) is 19.1 Å². The number of sulfone groups is 2. The zero-order valence-electron chi connectivity index (χ0n) is 24.6. The topological polar surface area (TPSA) is 127 Å². The van der Waals surface area contributed by atoms with Crippen molar-refractivity contribution in [1.82, 2.24) is 0 Å². The summed E-state index contributed by atoms with van der Waals surface area (Å²) in [6.45, 7) is 4.00. The van der Waals surface area contributed by atoms with Crippen LogP contribution in [0, 0.1) is 17.5 Å². The molecule has 4 aromatic rings. The highest BCUT2D eigenvalue weighted by molar-refractivity contribution is 7.91. The first-order valence-electron chi connectivity index (χ1n) is 13.0. The molecule has 0 bridgehead atoms. The van der Waals surface area contributed by atoms with E-state index in [9.17, 15) is 40.2 Å². The zero-order valence-corrected chi connectivity index (χ0v) is 26.3. The molecule has 0 heterocycles. The highest BCUT2D eigenvalue weighted by Crippen LogP contribution is 2.33. The normalized spacial score (nSPS) is 11.0. The minimum Gasteiger partial charge on any atom is -0.504 e. The minimum atomic E-state index is -3.48. The molecule has 238 valence electrons. The summed E-state index contributed by atoms with van der Waals surface area (Å²) in [4.78, 5) is -0.348. The van der Waals surface area contributed by atoms with Crippen LogP contribution in [0.5, 0.6) is 28.7 Å². The molecule has 0 unspecified atom stereocenters. The number of methoxy groups -OCH3 is 1. The predicted molar refractivity (Wildman–Crippen MR) is 161 cm³/mol. The highest BCUT2D eigenvalue weighted by atomic mass is 32.2. The average Bonchev–Trinajstić information content (AvgIpc) is 2.96. The predicted octanol–water partition coefficient (Wildman–Crippen LogP) is 6.62. The van der Waals surface area contributed by atoms with Crippen LogP contribution >= 0.6 is 0 Å². The lowest BCUT2D eigenvalue weighted by Crippen LogP contribution is -1.98. The van der Waals surface area contributed by atoms with Crippen LogP contribution in [-0.2, 0) is 32.5 Å². The van der Waals surface area contributed by atoms with Crippen LogP contribution in [0.4, 0.5) is 13.2 Å². The Balaban J connectivity index is 0.000000250. The fourth-order valence-electron chi connectivity index (χ4n) is 3.43. The first-order valence-corrected chi connectivity index (χ1v) is 16.8. The van der Waals surface area contributed by atoms with E-state index in [0.29, 0.717) is 11.8 Å².